The van der Waals surface area contributed by atoms with E-state index < -0.39 is 0 Å². The third-order valence-corrected chi connectivity index (χ3v) is 6.20. The maximum Gasteiger partial charge on any atom is 0.326 e. The van der Waals surface area contributed by atoms with E-state index in [0.29, 0.717) is 43.4 Å². The molecule has 0 radical (unpaired) electrons. The summed E-state index contributed by atoms with van der Waals surface area (Å²) >= 11 is 0. The second-order valence-electron chi connectivity index (χ2n) is 7.97. The maximum atomic E-state index is 12.9. The number of carbonyl (C=O) groups is 1. The van der Waals surface area contributed by atoms with E-state index >= 15 is 0 Å². The fourth-order valence-corrected chi connectivity index (χ4v) is 4.49. The maximum absolute atomic E-state index is 12.9. The van der Waals surface area contributed by atoms with E-state index in [1.54, 1.807) is 28.7 Å². The van der Waals surface area contributed by atoms with Gasteiger partial charge in [0.1, 0.15) is 0 Å². The lowest BCUT2D eigenvalue weighted by atomic mass is 9.93. The van der Waals surface area contributed by atoms with Crippen molar-refractivity contribution in [2.45, 2.75) is 56.4 Å². The van der Waals surface area contributed by atoms with Gasteiger partial charge in [-0.3, -0.25) is 9.36 Å². The number of rotatable bonds is 3. The van der Waals surface area contributed by atoms with Crippen LogP contribution in [0, 0.1) is 0 Å². The van der Waals surface area contributed by atoms with Crippen molar-refractivity contribution in [2.75, 3.05) is 20.2 Å². The number of ether oxygens (including phenoxy) is 1. The predicted octanol–water partition coefficient (Wildman–Crippen LogP) is 0.994. The van der Waals surface area contributed by atoms with E-state index in [0.717, 1.165) is 18.4 Å². The SMILES string of the molecule is CO[C@H]1CN(C(=O)c2ccc3c(c2)[nH]c(=O)n3C2CCC(O)CC2)CC[C@H]1N. The van der Waals surface area contributed by atoms with E-state index in [9.17, 15) is 14.7 Å². The van der Waals surface area contributed by atoms with Crippen molar-refractivity contribution in [3.63, 3.8) is 0 Å². The second kappa shape index (κ2) is 7.69. The first-order valence-electron chi connectivity index (χ1n) is 9.98. The Labute approximate surface area is 163 Å². The molecule has 2 aromatic rings. The van der Waals surface area contributed by atoms with Gasteiger partial charge in [-0.1, -0.05) is 0 Å². The number of methoxy groups -OCH3 is 1. The number of aromatic nitrogens is 2. The van der Waals surface area contributed by atoms with Crippen LogP contribution < -0.4 is 11.4 Å². The number of hydrogen-bond acceptors (Lipinski definition) is 5. The van der Waals surface area contributed by atoms with Crippen molar-refractivity contribution in [1.82, 2.24) is 14.5 Å². The topological polar surface area (TPSA) is 114 Å². The number of likely N-dealkylation sites (tertiary alicyclic amines) is 1. The number of aliphatic hydroxyl groups excluding tert-OH is 1. The van der Waals surface area contributed by atoms with Gasteiger partial charge in [0.25, 0.3) is 5.91 Å². The number of amides is 1. The highest BCUT2D eigenvalue weighted by Crippen LogP contribution is 2.30. The van der Waals surface area contributed by atoms with Crippen LogP contribution in [0.4, 0.5) is 0 Å². The second-order valence-corrected chi connectivity index (χ2v) is 7.97. The molecular weight excluding hydrogens is 360 g/mol. The molecule has 2 heterocycles. The summed E-state index contributed by atoms with van der Waals surface area (Å²) in [6.07, 6.45) is 3.24. The number of nitrogens with two attached hydrogens (primary N) is 1. The normalized spacial score (nSPS) is 28.6. The Hall–Kier alpha value is -2.16. The molecule has 4 rings (SSSR count). The minimum absolute atomic E-state index is 0.0593. The van der Waals surface area contributed by atoms with E-state index in [2.05, 4.69) is 4.98 Å². The molecule has 152 valence electrons. The molecule has 8 nitrogen and oxygen atoms in total. The summed E-state index contributed by atoms with van der Waals surface area (Å²) in [5.74, 6) is -0.0785. The first-order chi connectivity index (χ1) is 13.5. The summed E-state index contributed by atoms with van der Waals surface area (Å²) in [5.41, 5.74) is 7.90. The Morgan fingerprint density at radius 1 is 1.25 bits per heavy atom. The van der Waals surface area contributed by atoms with Crippen molar-refractivity contribution in [3.05, 3.63) is 34.2 Å². The number of nitrogens with one attached hydrogen (secondary N) is 1. The molecule has 2 aliphatic rings. The van der Waals surface area contributed by atoms with Gasteiger partial charge in [0.15, 0.2) is 0 Å². The number of carbonyl (C=O) groups excluding carboxylic acids is 1. The van der Waals surface area contributed by atoms with Gasteiger partial charge in [-0.25, -0.2) is 4.79 Å². The number of benzene rings is 1. The van der Waals surface area contributed by atoms with Crippen molar-refractivity contribution in [1.29, 1.82) is 0 Å². The molecule has 1 aromatic heterocycles. The number of piperidine rings is 1. The van der Waals surface area contributed by atoms with Gasteiger partial charge < -0.3 is 25.5 Å². The molecule has 0 bridgehead atoms. The molecule has 1 saturated heterocycles. The smallest absolute Gasteiger partial charge is 0.326 e. The molecule has 4 N–H and O–H groups in total. The number of hydrogen-bond donors (Lipinski definition) is 3. The first-order valence-corrected chi connectivity index (χ1v) is 9.98. The zero-order valence-corrected chi connectivity index (χ0v) is 16.1. The number of nitrogens with zero attached hydrogens (tertiary/aromatic N) is 2. The molecule has 2 fully saturated rings. The zero-order valence-electron chi connectivity index (χ0n) is 16.1. The van der Waals surface area contributed by atoms with Gasteiger partial charge in [-0.15, -0.1) is 0 Å². The molecule has 28 heavy (non-hydrogen) atoms. The molecule has 0 unspecified atom stereocenters. The quantitative estimate of drug-likeness (QED) is 0.726. The number of fused-ring (bicyclic) bond motifs is 1. The Kier molecular flexibility index (Phi) is 5.27. The molecule has 8 heteroatoms. The highest BCUT2D eigenvalue weighted by atomic mass is 16.5. The van der Waals surface area contributed by atoms with Crippen LogP contribution in [0.15, 0.2) is 23.0 Å². The fraction of sp³-hybridized carbons (Fsp3) is 0.600. The molecule has 1 aromatic carbocycles. The standard InChI is InChI=1S/C20H28N4O4/c1-28-18-11-23(9-8-15(18)21)19(26)12-2-7-17-16(10-12)22-20(27)24(17)13-3-5-14(25)6-4-13/h2,7,10,13-15,18,25H,3-6,8-9,11,21H2,1H3,(H,22,27)/t13?,14?,15-,18+/m1/s1. The van der Waals surface area contributed by atoms with Crippen LogP contribution in [-0.2, 0) is 4.74 Å². The van der Waals surface area contributed by atoms with Crippen molar-refractivity contribution >= 4 is 16.9 Å². The van der Waals surface area contributed by atoms with Crippen LogP contribution in [0.1, 0.15) is 48.5 Å². The van der Waals surface area contributed by atoms with Crippen LogP contribution in [0.3, 0.4) is 0 Å². The zero-order chi connectivity index (χ0) is 19.8. The van der Waals surface area contributed by atoms with Crippen LogP contribution in [0.2, 0.25) is 0 Å². The summed E-state index contributed by atoms with van der Waals surface area (Å²) in [6, 6.07) is 5.40. The van der Waals surface area contributed by atoms with Gasteiger partial charge in [-0.2, -0.15) is 0 Å². The fourth-order valence-electron chi connectivity index (χ4n) is 4.49. The highest BCUT2D eigenvalue weighted by Gasteiger charge is 2.30. The summed E-state index contributed by atoms with van der Waals surface area (Å²) in [5, 5.41) is 9.73. The average molecular weight is 388 g/mol. The van der Waals surface area contributed by atoms with Crippen molar-refractivity contribution in [3.8, 4) is 0 Å². The molecule has 1 aliphatic heterocycles. The summed E-state index contributed by atoms with van der Waals surface area (Å²) < 4.78 is 7.17. The summed E-state index contributed by atoms with van der Waals surface area (Å²) in [6.45, 7) is 1.07. The molecule has 1 saturated carbocycles. The van der Waals surface area contributed by atoms with Gasteiger partial charge >= 0.3 is 5.69 Å². The van der Waals surface area contributed by atoms with Crippen molar-refractivity contribution < 1.29 is 14.6 Å². The Bertz CT molecular complexity index is 913. The Morgan fingerprint density at radius 3 is 2.71 bits per heavy atom. The monoisotopic (exact) mass is 388 g/mol. The summed E-state index contributed by atoms with van der Waals surface area (Å²) in [4.78, 5) is 30.1. The number of imidazole rings is 1. The largest absolute Gasteiger partial charge is 0.393 e. The Morgan fingerprint density at radius 2 is 2.00 bits per heavy atom. The van der Waals surface area contributed by atoms with Gasteiger partial charge in [0, 0.05) is 37.8 Å². The third kappa shape index (κ3) is 3.47. The molecule has 1 amide bonds. The minimum Gasteiger partial charge on any atom is -0.393 e. The number of H-pyrrole nitrogens is 1. The van der Waals surface area contributed by atoms with Crippen LogP contribution >= 0.6 is 0 Å². The molecule has 0 spiro atoms. The van der Waals surface area contributed by atoms with Gasteiger partial charge in [0.05, 0.1) is 23.2 Å². The Balaban J connectivity index is 1.59. The number of aliphatic hydroxyl groups is 1. The first kappa shape index (κ1) is 19.2. The molecule has 1 aliphatic carbocycles. The average Bonchev–Trinajstić information content (AvgIpc) is 3.03. The minimum atomic E-state index is -0.269. The van der Waals surface area contributed by atoms with Crippen molar-refractivity contribution in [2.24, 2.45) is 5.73 Å². The van der Waals surface area contributed by atoms with E-state index in [4.69, 9.17) is 10.5 Å². The highest BCUT2D eigenvalue weighted by molar-refractivity contribution is 5.97. The van der Waals surface area contributed by atoms with Crippen LogP contribution in [0.5, 0.6) is 0 Å². The van der Waals surface area contributed by atoms with E-state index in [-0.39, 0.29) is 35.9 Å². The van der Waals surface area contributed by atoms with Gasteiger partial charge in [0.2, 0.25) is 0 Å². The van der Waals surface area contributed by atoms with Gasteiger partial charge in [-0.05, 0) is 50.3 Å². The summed E-state index contributed by atoms with van der Waals surface area (Å²) in [7, 11) is 1.61. The lowest BCUT2D eigenvalue weighted by Gasteiger charge is -2.36. The molecule has 2 atom stereocenters. The molecular formula is C20H28N4O4. The van der Waals surface area contributed by atoms with Crippen LogP contribution in [0.25, 0.3) is 11.0 Å². The third-order valence-electron chi connectivity index (χ3n) is 6.20. The predicted molar refractivity (Wildman–Crippen MR) is 105 cm³/mol. The number of aromatic amines is 1. The van der Waals surface area contributed by atoms with E-state index in [1.165, 1.54) is 0 Å². The van der Waals surface area contributed by atoms with Crippen LogP contribution in [-0.4, -0.2) is 63.9 Å². The lowest BCUT2D eigenvalue weighted by Crippen LogP contribution is -2.53. The lowest BCUT2D eigenvalue weighted by molar-refractivity contribution is 0.0162. The van der Waals surface area contributed by atoms with E-state index in [1.807, 2.05) is 6.07 Å².